The fourth-order valence-electron chi connectivity index (χ4n) is 5.08. The number of rotatable bonds is 9. The molecule has 0 unspecified atom stereocenters. The Bertz CT molecular complexity index is 1540. The lowest BCUT2D eigenvalue weighted by molar-refractivity contribution is 0.101. The zero-order valence-corrected chi connectivity index (χ0v) is 25.5. The SMILES string of the molecule is COc1ccc(C/C(C)=C\C(=C/CI)c2ccc(-c3cccc(-c4ccccc4C)c3C)cc2)c(C(C)=O)c1. The summed E-state index contributed by atoms with van der Waals surface area (Å²) in [6.45, 7) is 8.12. The van der Waals surface area contributed by atoms with Crippen LogP contribution in [0.15, 0.2) is 103 Å². The molecule has 0 fully saturated rings. The van der Waals surface area contributed by atoms with Crippen molar-refractivity contribution in [1.82, 2.24) is 0 Å². The second-order valence-electron chi connectivity index (χ2n) is 9.93. The molecule has 0 N–H and O–H groups in total. The molecule has 4 aromatic rings. The maximum absolute atomic E-state index is 12.3. The van der Waals surface area contributed by atoms with Crippen molar-refractivity contribution in [2.45, 2.75) is 34.1 Å². The smallest absolute Gasteiger partial charge is 0.160 e. The van der Waals surface area contributed by atoms with Gasteiger partial charge >= 0.3 is 0 Å². The molecule has 0 spiro atoms. The van der Waals surface area contributed by atoms with E-state index in [9.17, 15) is 4.79 Å². The van der Waals surface area contributed by atoms with E-state index in [2.05, 4.69) is 122 Å². The molecule has 0 aromatic heterocycles. The number of hydrogen-bond acceptors (Lipinski definition) is 2. The van der Waals surface area contributed by atoms with Gasteiger partial charge in [0.1, 0.15) is 5.75 Å². The van der Waals surface area contributed by atoms with Crippen molar-refractivity contribution in [1.29, 1.82) is 0 Å². The van der Waals surface area contributed by atoms with E-state index < -0.39 is 0 Å². The Morgan fingerprint density at radius 1 is 0.846 bits per heavy atom. The molecular formula is C36H35IO2. The molecule has 4 aromatic carbocycles. The van der Waals surface area contributed by atoms with E-state index >= 15 is 0 Å². The van der Waals surface area contributed by atoms with Crippen LogP contribution in [0.2, 0.25) is 0 Å². The number of methoxy groups -OCH3 is 1. The first kappa shape index (κ1) is 28.6. The molecule has 0 heterocycles. The third kappa shape index (κ3) is 6.77. The minimum Gasteiger partial charge on any atom is -0.497 e. The van der Waals surface area contributed by atoms with Gasteiger partial charge in [-0.1, -0.05) is 113 Å². The molecule has 0 aliphatic rings. The molecule has 0 amide bonds. The van der Waals surface area contributed by atoms with Crippen LogP contribution in [-0.4, -0.2) is 17.3 Å². The van der Waals surface area contributed by atoms with Gasteiger partial charge in [0.2, 0.25) is 0 Å². The zero-order chi connectivity index (χ0) is 27.9. The van der Waals surface area contributed by atoms with Crippen molar-refractivity contribution >= 4 is 33.9 Å². The third-order valence-electron chi connectivity index (χ3n) is 7.16. The molecule has 0 saturated heterocycles. The molecule has 0 saturated carbocycles. The summed E-state index contributed by atoms with van der Waals surface area (Å²) < 4.78 is 6.24. The van der Waals surface area contributed by atoms with Gasteiger partial charge in [-0.3, -0.25) is 4.79 Å². The summed E-state index contributed by atoms with van der Waals surface area (Å²) in [5, 5.41) is 0. The van der Waals surface area contributed by atoms with Gasteiger partial charge in [0.15, 0.2) is 5.78 Å². The lowest BCUT2D eigenvalue weighted by Crippen LogP contribution is -2.01. The minimum atomic E-state index is 0.0529. The Hall–Kier alpha value is -3.44. The summed E-state index contributed by atoms with van der Waals surface area (Å²) >= 11 is 2.39. The maximum Gasteiger partial charge on any atom is 0.160 e. The Morgan fingerprint density at radius 3 is 2.21 bits per heavy atom. The van der Waals surface area contributed by atoms with Crippen LogP contribution in [0.5, 0.6) is 5.75 Å². The van der Waals surface area contributed by atoms with Crippen molar-refractivity contribution in [2.24, 2.45) is 0 Å². The normalized spacial score (nSPS) is 11.9. The Balaban J connectivity index is 1.62. The lowest BCUT2D eigenvalue weighted by atomic mass is 9.90. The van der Waals surface area contributed by atoms with E-state index in [1.54, 1.807) is 14.0 Å². The number of Topliss-reactive ketones (excluding diaryl/α,β-unsaturated/α-hetero) is 1. The fourth-order valence-corrected chi connectivity index (χ4v) is 5.56. The van der Waals surface area contributed by atoms with Crippen LogP contribution in [0, 0.1) is 13.8 Å². The number of ketones is 1. The van der Waals surface area contributed by atoms with Crippen LogP contribution in [0.1, 0.15) is 46.5 Å². The summed E-state index contributed by atoms with van der Waals surface area (Å²) in [6, 6.07) is 29.8. The van der Waals surface area contributed by atoms with Gasteiger partial charge in [-0.25, -0.2) is 0 Å². The highest BCUT2D eigenvalue weighted by molar-refractivity contribution is 14.1. The predicted molar refractivity (Wildman–Crippen MR) is 174 cm³/mol. The molecule has 0 aliphatic carbocycles. The lowest BCUT2D eigenvalue weighted by Gasteiger charge is -2.14. The summed E-state index contributed by atoms with van der Waals surface area (Å²) in [5.41, 5.74) is 12.9. The largest absolute Gasteiger partial charge is 0.497 e. The number of allylic oxidation sites excluding steroid dienone is 4. The standard InChI is InChI=1S/C36H35IO2/c1-24(22-31-17-18-32(39-5)23-36(31)27(4)38)21-30(19-20-37)28-13-15-29(16-14-28)34-11-8-12-35(26(34)3)33-10-7-6-9-25(33)2/h6-19,21,23H,20,22H2,1-5H3/b24-21-,30-19+. The quantitative estimate of drug-likeness (QED) is 0.0800. The molecule has 39 heavy (non-hydrogen) atoms. The highest BCUT2D eigenvalue weighted by Gasteiger charge is 2.12. The highest BCUT2D eigenvalue weighted by Crippen LogP contribution is 2.34. The number of carbonyl (C=O) groups is 1. The van der Waals surface area contributed by atoms with E-state index in [0.29, 0.717) is 17.7 Å². The monoisotopic (exact) mass is 626 g/mol. The first-order valence-electron chi connectivity index (χ1n) is 13.2. The van der Waals surface area contributed by atoms with Gasteiger partial charge in [0.25, 0.3) is 0 Å². The van der Waals surface area contributed by atoms with Gasteiger partial charge in [0, 0.05) is 9.99 Å². The third-order valence-corrected chi connectivity index (χ3v) is 7.60. The van der Waals surface area contributed by atoms with Crippen molar-refractivity contribution in [3.05, 3.63) is 130 Å². The van der Waals surface area contributed by atoms with Gasteiger partial charge in [-0.2, -0.15) is 0 Å². The van der Waals surface area contributed by atoms with Gasteiger partial charge in [-0.05, 0) is 96.3 Å². The number of hydrogen-bond donors (Lipinski definition) is 0. The number of carbonyl (C=O) groups excluding carboxylic acids is 1. The summed E-state index contributed by atoms with van der Waals surface area (Å²) in [4.78, 5) is 12.3. The first-order valence-corrected chi connectivity index (χ1v) is 14.7. The Labute approximate surface area is 246 Å². The van der Waals surface area contributed by atoms with Crippen molar-refractivity contribution < 1.29 is 9.53 Å². The van der Waals surface area contributed by atoms with Crippen molar-refractivity contribution in [3.63, 3.8) is 0 Å². The summed E-state index contributed by atoms with van der Waals surface area (Å²) in [7, 11) is 1.62. The maximum atomic E-state index is 12.3. The molecule has 0 radical (unpaired) electrons. The molecule has 2 nitrogen and oxygen atoms in total. The van der Waals surface area contributed by atoms with Crippen LogP contribution in [-0.2, 0) is 6.42 Å². The number of ether oxygens (including phenoxy) is 1. The van der Waals surface area contributed by atoms with Crippen LogP contribution < -0.4 is 4.74 Å². The van der Waals surface area contributed by atoms with Crippen LogP contribution >= 0.6 is 22.6 Å². The molecule has 0 bridgehead atoms. The second-order valence-corrected chi connectivity index (χ2v) is 10.8. The Morgan fingerprint density at radius 2 is 1.54 bits per heavy atom. The van der Waals surface area contributed by atoms with Crippen molar-refractivity contribution in [2.75, 3.05) is 11.5 Å². The number of alkyl halides is 1. The molecule has 0 aliphatic heterocycles. The summed E-state index contributed by atoms with van der Waals surface area (Å²) in [6.07, 6.45) is 5.20. The minimum absolute atomic E-state index is 0.0529. The van der Waals surface area contributed by atoms with Crippen LogP contribution in [0.3, 0.4) is 0 Å². The van der Waals surface area contributed by atoms with Crippen molar-refractivity contribution in [3.8, 4) is 28.0 Å². The van der Waals surface area contributed by atoms with E-state index in [-0.39, 0.29) is 5.78 Å². The zero-order valence-electron chi connectivity index (χ0n) is 23.3. The van der Waals surface area contributed by atoms with E-state index in [4.69, 9.17) is 4.74 Å². The van der Waals surface area contributed by atoms with Crippen LogP contribution in [0.4, 0.5) is 0 Å². The van der Waals surface area contributed by atoms with Gasteiger partial charge in [-0.15, -0.1) is 0 Å². The predicted octanol–water partition coefficient (Wildman–Crippen LogP) is 9.86. The van der Waals surface area contributed by atoms with E-state index in [0.717, 1.165) is 9.99 Å². The molecule has 4 rings (SSSR count). The Kier molecular flexibility index (Phi) is 9.58. The van der Waals surface area contributed by atoms with E-state index in [1.165, 1.54) is 50.1 Å². The van der Waals surface area contributed by atoms with Crippen LogP contribution in [0.25, 0.3) is 27.8 Å². The average Bonchev–Trinajstić information content (AvgIpc) is 2.93. The fraction of sp³-hybridized carbons (Fsp3) is 0.194. The number of halogens is 1. The first-order chi connectivity index (χ1) is 18.8. The molecule has 0 atom stereocenters. The molecule has 198 valence electrons. The average molecular weight is 627 g/mol. The van der Waals surface area contributed by atoms with Gasteiger partial charge < -0.3 is 4.74 Å². The van der Waals surface area contributed by atoms with E-state index in [1.807, 2.05) is 18.2 Å². The number of benzene rings is 4. The number of aryl methyl sites for hydroxylation is 1. The molecule has 3 heteroatoms. The topological polar surface area (TPSA) is 26.3 Å². The highest BCUT2D eigenvalue weighted by atomic mass is 127. The van der Waals surface area contributed by atoms with Gasteiger partial charge in [0.05, 0.1) is 7.11 Å². The second kappa shape index (κ2) is 13.1. The molecular weight excluding hydrogens is 591 g/mol. The summed E-state index contributed by atoms with van der Waals surface area (Å²) in [5.74, 6) is 0.757.